The lowest BCUT2D eigenvalue weighted by Gasteiger charge is -2.37. The Labute approximate surface area is 163 Å². The monoisotopic (exact) mass is 402 g/mol. The van der Waals surface area contributed by atoms with Crippen molar-refractivity contribution in [3.05, 3.63) is 42.0 Å². The molecular weight excluding hydrogens is 375 g/mol. The third-order valence-corrected chi connectivity index (χ3v) is 6.50. The Kier molecular flexibility index (Phi) is 6.66. The summed E-state index contributed by atoms with van der Waals surface area (Å²) in [5, 5.41) is 0. The van der Waals surface area contributed by atoms with Crippen molar-refractivity contribution >= 4 is 0 Å². The molecule has 0 atom stereocenters. The van der Waals surface area contributed by atoms with E-state index in [9.17, 15) is 22.0 Å². The van der Waals surface area contributed by atoms with Gasteiger partial charge in [-0.05, 0) is 86.7 Å². The van der Waals surface area contributed by atoms with Gasteiger partial charge in [0.15, 0.2) is 18.2 Å². The standard InChI is InChI=1S/C22H27F5O/c1-2-14-3-5-15(6-4-14)16-7-9-17(10-8-16)18-11-12-19(21(24)20(18)23)28-13-22(25,26)27/h2,11-12,14-17H,1,3-10,13H2. The predicted octanol–water partition coefficient (Wildman–Crippen LogP) is 7.17. The molecule has 2 fully saturated rings. The molecule has 1 nitrogen and oxygen atoms in total. The molecule has 28 heavy (non-hydrogen) atoms. The van der Waals surface area contributed by atoms with Gasteiger partial charge >= 0.3 is 6.18 Å². The SMILES string of the molecule is C=CC1CCC(C2CCC(c3ccc(OCC(F)(F)F)c(F)c3F)CC2)CC1. The van der Waals surface area contributed by atoms with Gasteiger partial charge in [0.2, 0.25) is 5.82 Å². The maximum absolute atomic E-state index is 14.5. The van der Waals surface area contributed by atoms with Gasteiger partial charge in [0.05, 0.1) is 0 Å². The van der Waals surface area contributed by atoms with E-state index in [0.717, 1.165) is 31.7 Å². The van der Waals surface area contributed by atoms with Gasteiger partial charge in [-0.25, -0.2) is 4.39 Å². The van der Waals surface area contributed by atoms with Crippen LogP contribution in [0.15, 0.2) is 24.8 Å². The summed E-state index contributed by atoms with van der Waals surface area (Å²) in [4.78, 5) is 0. The fourth-order valence-corrected chi connectivity index (χ4v) is 4.89. The Bertz CT molecular complexity index is 668. The van der Waals surface area contributed by atoms with Crippen LogP contribution in [0.2, 0.25) is 0 Å². The zero-order chi connectivity index (χ0) is 20.3. The highest BCUT2D eigenvalue weighted by Crippen LogP contribution is 2.45. The average molecular weight is 402 g/mol. The summed E-state index contributed by atoms with van der Waals surface area (Å²) in [6, 6.07) is 2.49. The van der Waals surface area contributed by atoms with Crippen LogP contribution in [-0.4, -0.2) is 12.8 Å². The van der Waals surface area contributed by atoms with Crippen LogP contribution in [0.5, 0.6) is 5.75 Å². The quantitative estimate of drug-likeness (QED) is 0.375. The zero-order valence-electron chi connectivity index (χ0n) is 15.9. The minimum absolute atomic E-state index is 0.0908. The van der Waals surface area contributed by atoms with Crippen LogP contribution in [0.1, 0.15) is 62.8 Å². The summed E-state index contributed by atoms with van der Waals surface area (Å²) in [7, 11) is 0. The Balaban J connectivity index is 1.58. The molecule has 6 heteroatoms. The molecule has 1 aromatic carbocycles. The van der Waals surface area contributed by atoms with Crippen LogP contribution in [0.3, 0.4) is 0 Å². The van der Waals surface area contributed by atoms with Crippen LogP contribution in [0.25, 0.3) is 0 Å². The molecule has 0 amide bonds. The fraction of sp³-hybridized carbons (Fsp3) is 0.636. The van der Waals surface area contributed by atoms with E-state index in [-0.39, 0.29) is 11.5 Å². The molecule has 2 aliphatic carbocycles. The van der Waals surface area contributed by atoms with E-state index in [4.69, 9.17) is 0 Å². The molecule has 0 aromatic heterocycles. The van der Waals surface area contributed by atoms with Crippen molar-refractivity contribution in [2.24, 2.45) is 17.8 Å². The first-order valence-corrected chi connectivity index (χ1v) is 10.1. The minimum Gasteiger partial charge on any atom is -0.481 e. The van der Waals surface area contributed by atoms with Gasteiger partial charge in [-0.1, -0.05) is 12.1 Å². The normalized spacial score (nSPS) is 28.8. The Hall–Kier alpha value is -1.59. The first kappa shape index (κ1) is 21.1. The van der Waals surface area contributed by atoms with Crippen molar-refractivity contribution in [3.63, 3.8) is 0 Å². The first-order valence-electron chi connectivity index (χ1n) is 10.1. The van der Waals surface area contributed by atoms with Gasteiger partial charge in [0, 0.05) is 0 Å². The van der Waals surface area contributed by atoms with Crippen LogP contribution < -0.4 is 4.74 Å². The summed E-state index contributed by atoms with van der Waals surface area (Å²) in [5.74, 6) is -1.22. The average Bonchev–Trinajstić information content (AvgIpc) is 2.69. The van der Waals surface area contributed by atoms with E-state index in [0.29, 0.717) is 17.8 Å². The second kappa shape index (κ2) is 8.83. The fourth-order valence-electron chi connectivity index (χ4n) is 4.89. The second-order valence-corrected chi connectivity index (χ2v) is 8.21. The number of benzene rings is 1. The number of rotatable bonds is 5. The van der Waals surface area contributed by atoms with Crippen LogP contribution >= 0.6 is 0 Å². The lowest BCUT2D eigenvalue weighted by Crippen LogP contribution is -2.25. The van der Waals surface area contributed by atoms with Crippen LogP contribution in [0.4, 0.5) is 22.0 Å². The van der Waals surface area contributed by atoms with Crippen molar-refractivity contribution in [2.75, 3.05) is 6.61 Å². The summed E-state index contributed by atoms with van der Waals surface area (Å²) in [5.41, 5.74) is 0.255. The second-order valence-electron chi connectivity index (χ2n) is 8.21. The number of halogens is 5. The number of alkyl halides is 3. The van der Waals surface area contributed by atoms with Gasteiger partial charge in [0.25, 0.3) is 0 Å². The van der Waals surface area contributed by atoms with Crippen LogP contribution in [0, 0.1) is 29.4 Å². The Morgan fingerprint density at radius 3 is 2.00 bits per heavy atom. The topological polar surface area (TPSA) is 9.23 Å². The highest BCUT2D eigenvalue weighted by Gasteiger charge is 2.33. The summed E-state index contributed by atoms with van der Waals surface area (Å²) in [6.45, 7) is 2.24. The van der Waals surface area contributed by atoms with Crippen molar-refractivity contribution < 1.29 is 26.7 Å². The molecule has 2 saturated carbocycles. The molecule has 2 aliphatic rings. The largest absolute Gasteiger partial charge is 0.481 e. The molecule has 0 radical (unpaired) electrons. The van der Waals surface area contributed by atoms with Gasteiger partial charge in [-0.15, -0.1) is 6.58 Å². The molecule has 1 aromatic rings. The molecule has 3 rings (SSSR count). The van der Waals surface area contributed by atoms with E-state index in [2.05, 4.69) is 11.3 Å². The predicted molar refractivity (Wildman–Crippen MR) is 98.3 cm³/mol. The number of ether oxygens (including phenoxy) is 1. The number of hydrogen-bond acceptors (Lipinski definition) is 1. The minimum atomic E-state index is -4.59. The van der Waals surface area contributed by atoms with Crippen LogP contribution in [-0.2, 0) is 0 Å². The number of hydrogen-bond donors (Lipinski definition) is 0. The van der Waals surface area contributed by atoms with E-state index >= 15 is 0 Å². The van der Waals surface area contributed by atoms with E-state index in [1.807, 2.05) is 6.08 Å². The van der Waals surface area contributed by atoms with Gasteiger partial charge in [0.1, 0.15) is 0 Å². The molecule has 0 N–H and O–H groups in total. The van der Waals surface area contributed by atoms with Gasteiger partial charge in [-0.2, -0.15) is 17.6 Å². The summed E-state index contributed by atoms with van der Waals surface area (Å²) >= 11 is 0. The highest BCUT2D eigenvalue weighted by atomic mass is 19.4. The molecule has 0 bridgehead atoms. The van der Waals surface area contributed by atoms with Crippen molar-refractivity contribution in [1.82, 2.24) is 0 Å². The maximum atomic E-state index is 14.5. The maximum Gasteiger partial charge on any atom is 0.422 e. The Morgan fingerprint density at radius 1 is 0.893 bits per heavy atom. The lowest BCUT2D eigenvalue weighted by molar-refractivity contribution is -0.153. The first-order chi connectivity index (χ1) is 13.3. The van der Waals surface area contributed by atoms with E-state index in [1.165, 1.54) is 31.7 Å². The van der Waals surface area contributed by atoms with Gasteiger partial charge in [-0.3, -0.25) is 0 Å². The van der Waals surface area contributed by atoms with E-state index in [1.54, 1.807) is 0 Å². The third kappa shape index (κ3) is 5.06. The molecule has 156 valence electrons. The summed E-state index contributed by atoms with van der Waals surface area (Å²) in [6.07, 6.45) is 5.79. The summed E-state index contributed by atoms with van der Waals surface area (Å²) < 4.78 is 69.7. The molecule has 0 aliphatic heterocycles. The van der Waals surface area contributed by atoms with Gasteiger partial charge < -0.3 is 4.74 Å². The smallest absolute Gasteiger partial charge is 0.422 e. The van der Waals surface area contributed by atoms with E-state index < -0.39 is 30.2 Å². The molecule has 0 unspecified atom stereocenters. The molecule has 0 saturated heterocycles. The Morgan fingerprint density at radius 2 is 1.46 bits per heavy atom. The highest BCUT2D eigenvalue weighted by molar-refractivity contribution is 5.33. The molecular formula is C22H27F5O. The lowest BCUT2D eigenvalue weighted by atomic mass is 9.68. The van der Waals surface area contributed by atoms with Crippen molar-refractivity contribution in [2.45, 2.75) is 63.5 Å². The molecule has 0 heterocycles. The van der Waals surface area contributed by atoms with Crippen molar-refractivity contribution in [3.8, 4) is 5.75 Å². The number of allylic oxidation sites excluding steroid dienone is 1. The zero-order valence-corrected chi connectivity index (χ0v) is 15.9. The third-order valence-electron chi connectivity index (χ3n) is 6.50. The van der Waals surface area contributed by atoms with Crippen molar-refractivity contribution in [1.29, 1.82) is 0 Å². The molecule has 0 spiro atoms.